The van der Waals surface area contributed by atoms with Gasteiger partial charge in [0.25, 0.3) is 5.91 Å². The molecule has 0 radical (unpaired) electrons. The van der Waals surface area contributed by atoms with Crippen LogP contribution in [-0.4, -0.2) is 19.6 Å². The van der Waals surface area contributed by atoms with Gasteiger partial charge in [0, 0.05) is 0 Å². The monoisotopic (exact) mass is 403 g/mol. The number of carbonyl (C=O) groups excluding carboxylic acids is 1. The van der Waals surface area contributed by atoms with Gasteiger partial charge in [-0.05, 0) is 53.3 Å². The number of amides is 1. The summed E-state index contributed by atoms with van der Waals surface area (Å²) in [6, 6.07) is 23.5. The highest BCUT2D eigenvalue weighted by Gasteiger charge is 2.18. The standard InChI is InChI=1S/C26H29NO3/c1-18(2)23-15-10-19(3)16-24(23)30-17-25(28)27-26(20-8-6-5-7-9-20)21-11-13-22(29-4)14-12-21/h5-16,18,26H,17H2,1-4H3,(H,27,28)/t26-/m0/s1. The maximum Gasteiger partial charge on any atom is 0.258 e. The first-order chi connectivity index (χ1) is 14.5. The van der Waals surface area contributed by atoms with Gasteiger partial charge in [0.05, 0.1) is 13.2 Å². The van der Waals surface area contributed by atoms with Gasteiger partial charge in [-0.25, -0.2) is 0 Å². The molecule has 0 heterocycles. The predicted octanol–water partition coefficient (Wildman–Crippen LogP) is 5.41. The van der Waals surface area contributed by atoms with Gasteiger partial charge < -0.3 is 14.8 Å². The second-order valence-electron chi connectivity index (χ2n) is 7.67. The number of aryl methyl sites for hydroxylation is 1. The van der Waals surface area contributed by atoms with Gasteiger partial charge in [-0.15, -0.1) is 0 Å². The van der Waals surface area contributed by atoms with Crippen LogP contribution in [0.5, 0.6) is 11.5 Å². The molecular weight excluding hydrogens is 374 g/mol. The number of hydrogen-bond donors (Lipinski definition) is 1. The van der Waals surface area contributed by atoms with E-state index in [0.29, 0.717) is 5.92 Å². The predicted molar refractivity (Wildman–Crippen MR) is 120 cm³/mol. The van der Waals surface area contributed by atoms with E-state index in [1.807, 2.05) is 67.6 Å². The molecule has 0 aromatic heterocycles. The SMILES string of the molecule is COc1ccc([C@@H](NC(=O)COc2cc(C)ccc2C(C)C)c2ccccc2)cc1. The van der Waals surface area contributed by atoms with Gasteiger partial charge in [0.2, 0.25) is 0 Å². The molecule has 3 aromatic rings. The van der Waals surface area contributed by atoms with Crippen molar-refractivity contribution in [2.24, 2.45) is 0 Å². The first-order valence-electron chi connectivity index (χ1n) is 10.2. The molecule has 0 saturated carbocycles. The molecule has 30 heavy (non-hydrogen) atoms. The summed E-state index contributed by atoms with van der Waals surface area (Å²) in [6.07, 6.45) is 0. The number of nitrogens with one attached hydrogen (secondary N) is 1. The van der Waals surface area contributed by atoms with E-state index >= 15 is 0 Å². The molecule has 3 aromatic carbocycles. The third-order valence-electron chi connectivity index (χ3n) is 5.04. The topological polar surface area (TPSA) is 47.6 Å². The van der Waals surface area contributed by atoms with E-state index in [9.17, 15) is 4.79 Å². The maximum atomic E-state index is 12.8. The zero-order valence-corrected chi connectivity index (χ0v) is 18.0. The summed E-state index contributed by atoms with van der Waals surface area (Å²) in [5.41, 5.74) is 4.20. The number of methoxy groups -OCH3 is 1. The molecule has 0 aliphatic carbocycles. The molecule has 0 aliphatic rings. The molecule has 0 bridgehead atoms. The minimum absolute atomic E-state index is 0.0390. The highest BCUT2D eigenvalue weighted by Crippen LogP contribution is 2.28. The zero-order chi connectivity index (χ0) is 21.5. The van der Waals surface area contributed by atoms with Crippen LogP contribution in [0.2, 0.25) is 0 Å². The summed E-state index contributed by atoms with van der Waals surface area (Å²) >= 11 is 0. The average Bonchev–Trinajstić information content (AvgIpc) is 2.76. The highest BCUT2D eigenvalue weighted by atomic mass is 16.5. The zero-order valence-electron chi connectivity index (χ0n) is 18.0. The van der Waals surface area contributed by atoms with Crippen LogP contribution in [0, 0.1) is 6.92 Å². The van der Waals surface area contributed by atoms with Gasteiger partial charge in [0.15, 0.2) is 6.61 Å². The fourth-order valence-corrected chi connectivity index (χ4v) is 3.39. The second kappa shape index (κ2) is 9.97. The lowest BCUT2D eigenvalue weighted by Crippen LogP contribution is -2.33. The molecule has 156 valence electrons. The lowest BCUT2D eigenvalue weighted by molar-refractivity contribution is -0.123. The minimum Gasteiger partial charge on any atom is -0.497 e. The van der Waals surface area contributed by atoms with Crippen molar-refractivity contribution in [1.29, 1.82) is 0 Å². The van der Waals surface area contributed by atoms with Crippen molar-refractivity contribution in [3.63, 3.8) is 0 Å². The van der Waals surface area contributed by atoms with Gasteiger partial charge in [0.1, 0.15) is 11.5 Å². The molecule has 1 amide bonds. The Morgan fingerprint density at radius 2 is 1.60 bits per heavy atom. The van der Waals surface area contributed by atoms with E-state index in [4.69, 9.17) is 9.47 Å². The van der Waals surface area contributed by atoms with Crippen molar-refractivity contribution >= 4 is 5.91 Å². The van der Waals surface area contributed by atoms with Crippen LogP contribution in [0.25, 0.3) is 0 Å². The van der Waals surface area contributed by atoms with Gasteiger partial charge in [-0.2, -0.15) is 0 Å². The van der Waals surface area contributed by atoms with Crippen LogP contribution in [0.3, 0.4) is 0 Å². The van der Waals surface area contributed by atoms with Crippen LogP contribution < -0.4 is 14.8 Å². The van der Waals surface area contributed by atoms with Crippen LogP contribution in [0.1, 0.15) is 48.1 Å². The van der Waals surface area contributed by atoms with Crippen molar-refractivity contribution in [1.82, 2.24) is 5.32 Å². The molecule has 0 spiro atoms. The van der Waals surface area contributed by atoms with Crippen LogP contribution >= 0.6 is 0 Å². The fraction of sp³-hybridized carbons (Fsp3) is 0.269. The molecule has 0 fully saturated rings. The van der Waals surface area contributed by atoms with Gasteiger partial charge >= 0.3 is 0 Å². The minimum atomic E-state index is -0.268. The number of hydrogen-bond acceptors (Lipinski definition) is 3. The Labute approximate surface area is 178 Å². The molecule has 0 aliphatic heterocycles. The van der Waals surface area contributed by atoms with E-state index in [2.05, 4.69) is 31.3 Å². The molecule has 1 atom stereocenters. The van der Waals surface area contributed by atoms with Crippen LogP contribution in [0.4, 0.5) is 0 Å². The highest BCUT2D eigenvalue weighted by molar-refractivity contribution is 5.78. The summed E-state index contributed by atoms with van der Waals surface area (Å²) in [5, 5.41) is 3.12. The largest absolute Gasteiger partial charge is 0.497 e. The van der Waals surface area contributed by atoms with E-state index < -0.39 is 0 Å². The van der Waals surface area contributed by atoms with Crippen molar-refractivity contribution in [2.75, 3.05) is 13.7 Å². The molecule has 0 saturated heterocycles. The molecule has 4 nitrogen and oxygen atoms in total. The van der Waals surface area contributed by atoms with Crippen molar-refractivity contribution in [3.8, 4) is 11.5 Å². The average molecular weight is 404 g/mol. The molecular formula is C26H29NO3. The Kier molecular flexibility index (Phi) is 7.12. The Morgan fingerprint density at radius 3 is 2.23 bits per heavy atom. The third-order valence-corrected chi connectivity index (χ3v) is 5.04. The van der Waals surface area contributed by atoms with Crippen molar-refractivity contribution in [2.45, 2.75) is 32.7 Å². The molecule has 4 heteroatoms. The van der Waals surface area contributed by atoms with E-state index in [1.54, 1.807) is 7.11 Å². The second-order valence-corrected chi connectivity index (χ2v) is 7.67. The van der Waals surface area contributed by atoms with Gasteiger partial charge in [-0.1, -0.05) is 68.4 Å². The van der Waals surface area contributed by atoms with E-state index in [-0.39, 0.29) is 18.6 Å². The number of ether oxygens (including phenoxy) is 2. The van der Waals surface area contributed by atoms with Gasteiger partial charge in [-0.3, -0.25) is 4.79 Å². The maximum absolute atomic E-state index is 12.8. The first-order valence-corrected chi connectivity index (χ1v) is 10.2. The fourth-order valence-electron chi connectivity index (χ4n) is 3.39. The smallest absolute Gasteiger partial charge is 0.258 e. The summed E-state index contributed by atoms with van der Waals surface area (Å²) in [5.74, 6) is 1.69. The Bertz CT molecular complexity index is 965. The molecule has 0 unspecified atom stereocenters. The molecule has 3 rings (SSSR count). The third kappa shape index (κ3) is 5.41. The van der Waals surface area contributed by atoms with E-state index in [0.717, 1.165) is 33.8 Å². The summed E-state index contributed by atoms with van der Waals surface area (Å²) < 4.78 is 11.2. The lowest BCUT2D eigenvalue weighted by atomic mass is 9.98. The summed E-state index contributed by atoms with van der Waals surface area (Å²) in [4.78, 5) is 12.8. The normalized spacial score (nSPS) is 11.8. The van der Waals surface area contributed by atoms with Crippen LogP contribution in [0.15, 0.2) is 72.8 Å². The number of benzene rings is 3. The Hall–Kier alpha value is -3.27. The van der Waals surface area contributed by atoms with E-state index in [1.165, 1.54) is 0 Å². The summed E-state index contributed by atoms with van der Waals surface area (Å²) in [7, 11) is 1.64. The quantitative estimate of drug-likeness (QED) is 0.547. The first kappa shape index (κ1) is 21.4. The molecule has 1 N–H and O–H groups in total. The number of rotatable bonds is 8. The van der Waals surface area contributed by atoms with Crippen LogP contribution in [-0.2, 0) is 4.79 Å². The summed E-state index contributed by atoms with van der Waals surface area (Å²) in [6.45, 7) is 6.22. The van der Waals surface area contributed by atoms with Crippen molar-refractivity contribution < 1.29 is 14.3 Å². The lowest BCUT2D eigenvalue weighted by Gasteiger charge is -2.21. The Morgan fingerprint density at radius 1 is 0.933 bits per heavy atom. The van der Waals surface area contributed by atoms with Crippen molar-refractivity contribution in [3.05, 3.63) is 95.1 Å². The Balaban J connectivity index is 1.76. The number of carbonyl (C=O) groups is 1.